The fraction of sp³-hybridized carbons (Fsp3) is 0.167. The Bertz CT molecular complexity index is 660. The second kappa shape index (κ2) is 5.15. The molecule has 0 aliphatic carbocycles. The van der Waals surface area contributed by atoms with E-state index in [9.17, 15) is 0 Å². The number of aryl methyl sites for hydroxylation is 1. The molecular weight excluding hydrogens is 260 g/mol. The lowest BCUT2D eigenvalue weighted by atomic mass is 10.2. The summed E-state index contributed by atoms with van der Waals surface area (Å²) < 4.78 is 1.63. The van der Waals surface area contributed by atoms with E-state index in [1.807, 2.05) is 36.6 Å². The summed E-state index contributed by atoms with van der Waals surface area (Å²) >= 11 is 1.65. The number of para-hydroxylation sites is 2. The van der Waals surface area contributed by atoms with Crippen LogP contribution in [0.2, 0.25) is 0 Å². The van der Waals surface area contributed by atoms with Crippen molar-refractivity contribution in [2.45, 2.75) is 13.5 Å². The van der Waals surface area contributed by atoms with Gasteiger partial charge in [0.25, 0.3) is 0 Å². The second-order valence-electron chi connectivity index (χ2n) is 4.01. The third-order valence-electron chi connectivity index (χ3n) is 2.60. The highest BCUT2D eigenvalue weighted by molar-refractivity contribution is 7.09. The van der Waals surface area contributed by atoms with Gasteiger partial charge in [-0.25, -0.2) is 4.98 Å². The lowest BCUT2D eigenvalue weighted by Crippen LogP contribution is -2.04. The van der Waals surface area contributed by atoms with Crippen molar-refractivity contribution in [3.05, 3.63) is 46.7 Å². The largest absolute Gasteiger partial charge is 0.377 e. The molecule has 3 rings (SSSR count). The van der Waals surface area contributed by atoms with Gasteiger partial charge >= 0.3 is 0 Å². The molecule has 0 aliphatic heterocycles. The lowest BCUT2D eigenvalue weighted by Gasteiger charge is -2.09. The van der Waals surface area contributed by atoms with E-state index in [1.54, 1.807) is 22.3 Å². The van der Waals surface area contributed by atoms with Crippen molar-refractivity contribution in [2.24, 2.45) is 0 Å². The molecule has 1 N–H and O–H groups in total. The standard InChI is InChI=1S/C12H12N6S/c1-9-7-19-12(15-9)6-13-10-4-2-3-5-11(10)18-8-14-16-17-18/h2-5,7-8,13H,6H2,1H3. The number of nitrogens with one attached hydrogen (secondary N) is 1. The monoisotopic (exact) mass is 272 g/mol. The average Bonchev–Trinajstić information content (AvgIpc) is 3.08. The van der Waals surface area contributed by atoms with Crippen molar-refractivity contribution in [2.75, 3.05) is 5.32 Å². The average molecular weight is 272 g/mol. The predicted molar refractivity (Wildman–Crippen MR) is 73.3 cm³/mol. The highest BCUT2D eigenvalue weighted by atomic mass is 32.1. The van der Waals surface area contributed by atoms with E-state index in [0.29, 0.717) is 6.54 Å². The van der Waals surface area contributed by atoms with E-state index in [1.165, 1.54) is 0 Å². The van der Waals surface area contributed by atoms with Crippen LogP contribution in [0.25, 0.3) is 5.69 Å². The molecule has 2 heterocycles. The minimum absolute atomic E-state index is 0.692. The Morgan fingerprint density at radius 3 is 2.95 bits per heavy atom. The van der Waals surface area contributed by atoms with Crippen LogP contribution >= 0.6 is 11.3 Å². The highest BCUT2D eigenvalue weighted by Gasteiger charge is 2.05. The maximum atomic E-state index is 4.43. The summed E-state index contributed by atoms with van der Waals surface area (Å²) in [6.45, 7) is 2.69. The number of hydrogen-bond donors (Lipinski definition) is 1. The van der Waals surface area contributed by atoms with Crippen LogP contribution in [-0.2, 0) is 6.54 Å². The van der Waals surface area contributed by atoms with Gasteiger partial charge in [0, 0.05) is 11.1 Å². The third kappa shape index (κ3) is 2.60. The zero-order valence-electron chi connectivity index (χ0n) is 10.3. The molecule has 0 bridgehead atoms. The van der Waals surface area contributed by atoms with Gasteiger partial charge < -0.3 is 5.32 Å². The number of rotatable bonds is 4. The molecule has 2 aromatic heterocycles. The van der Waals surface area contributed by atoms with Crippen LogP contribution < -0.4 is 5.32 Å². The van der Waals surface area contributed by atoms with Crippen molar-refractivity contribution in [1.29, 1.82) is 0 Å². The smallest absolute Gasteiger partial charge is 0.143 e. The molecule has 0 unspecified atom stereocenters. The minimum atomic E-state index is 0.692. The lowest BCUT2D eigenvalue weighted by molar-refractivity contribution is 0.789. The van der Waals surface area contributed by atoms with Crippen LogP contribution in [0.15, 0.2) is 36.0 Å². The summed E-state index contributed by atoms with van der Waals surface area (Å²) in [5.74, 6) is 0. The van der Waals surface area contributed by atoms with E-state index in [-0.39, 0.29) is 0 Å². The fourth-order valence-corrected chi connectivity index (χ4v) is 2.46. The van der Waals surface area contributed by atoms with E-state index >= 15 is 0 Å². The van der Waals surface area contributed by atoms with Crippen molar-refractivity contribution in [3.63, 3.8) is 0 Å². The molecule has 6 nitrogen and oxygen atoms in total. The first kappa shape index (κ1) is 11.8. The van der Waals surface area contributed by atoms with Gasteiger partial charge in [-0.15, -0.1) is 16.4 Å². The number of anilines is 1. The molecule has 19 heavy (non-hydrogen) atoms. The van der Waals surface area contributed by atoms with Crippen LogP contribution in [0.1, 0.15) is 10.7 Å². The second-order valence-corrected chi connectivity index (χ2v) is 4.95. The summed E-state index contributed by atoms with van der Waals surface area (Å²) in [5.41, 5.74) is 2.94. The Balaban J connectivity index is 1.81. The van der Waals surface area contributed by atoms with E-state index in [2.05, 4.69) is 25.8 Å². The number of hydrogen-bond acceptors (Lipinski definition) is 6. The topological polar surface area (TPSA) is 68.5 Å². The van der Waals surface area contributed by atoms with Crippen LogP contribution in [0.4, 0.5) is 5.69 Å². The van der Waals surface area contributed by atoms with Gasteiger partial charge in [-0.2, -0.15) is 4.68 Å². The van der Waals surface area contributed by atoms with Crippen molar-refractivity contribution in [1.82, 2.24) is 25.2 Å². The van der Waals surface area contributed by atoms with Crippen molar-refractivity contribution < 1.29 is 0 Å². The zero-order chi connectivity index (χ0) is 13.1. The molecular formula is C12H12N6S. The normalized spacial score (nSPS) is 10.6. The summed E-state index contributed by atoms with van der Waals surface area (Å²) in [7, 11) is 0. The predicted octanol–water partition coefficient (Wildman–Crippen LogP) is 2.04. The highest BCUT2D eigenvalue weighted by Crippen LogP contribution is 2.20. The van der Waals surface area contributed by atoms with Gasteiger partial charge in [-0.1, -0.05) is 12.1 Å². The molecule has 3 aromatic rings. The number of aromatic nitrogens is 5. The van der Waals surface area contributed by atoms with Crippen LogP contribution in [0.5, 0.6) is 0 Å². The SMILES string of the molecule is Cc1csc(CNc2ccccc2-n2cnnn2)n1. The molecule has 0 spiro atoms. The zero-order valence-corrected chi connectivity index (χ0v) is 11.1. The first-order chi connectivity index (χ1) is 9.33. The molecule has 96 valence electrons. The molecule has 0 saturated heterocycles. The summed E-state index contributed by atoms with van der Waals surface area (Å²) in [6.07, 6.45) is 1.58. The van der Waals surface area contributed by atoms with Gasteiger partial charge in [-0.3, -0.25) is 0 Å². The Labute approximate surface area is 114 Å². The maximum absolute atomic E-state index is 4.43. The van der Waals surface area contributed by atoms with Gasteiger partial charge in [0.1, 0.15) is 11.3 Å². The molecule has 0 radical (unpaired) electrons. The molecule has 0 saturated carbocycles. The number of thiazole rings is 1. The molecule has 0 fully saturated rings. The Morgan fingerprint density at radius 2 is 2.21 bits per heavy atom. The molecule has 0 amide bonds. The Hall–Kier alpha value is -2.28. The molecule has 1 aromatic carbocycles. The van der Waals surface area contributed by atoms with Crippen molar-refractivity contribution >= 4 is 17.0 Å². The van der Waals surface area contributed by atoms with Crippen molar-refractivity contribution in [3.8, 4) is 5.69 Å². The van der Waals surface area contributed by atoms with Gasteiger partial charge in [-0.05, 0) is 29.5 Å². The third-order valence-corrected chi connectivity index (χ3v) is 3.56. The van der Waals surface area contributed by atoms with Gasteiger partial charge in [0.15, 0.2) is 0 Å². The number of tetrazole rings is 1. The van der Waals surface area contributed by atoms with Gasteiger partial charge in [0.2, 0.25) is 0 Å². The Morgan fingerprint density at radius 1 is 1.32 bits per heavy atom. The van der Waals surface area contributed by atoms with E-state index in [0.717, 1.165) is 22.1 Å². The molecule has 0 atom stereocenters. The fourth-order valence-electron chi connectivity index (χ4n) is 1.75. The first-order valence-electron chi connectivity index (χ1n) is 5.80. The van der Waals surface area contributed by atoms with Gasteiger partial charge in [0.05, 0.1) is 17.9 Å². The minimum Gasteiger partial charge on any atom is -0.377 e. The number of nitrogens with zero attached hydrogens (tertiary/aromatic N) is 5. The maximum Gasteiger partial charge on any atom is 0.143 e. The van der Waals surface area contributed by atoms with Crippen LogP contribution in [0, 0.1) is 6.92 Å². The summed E-state index contributed by atoms with van der Waals surface area (Å²) in [4.78, 5) is 4.43. The van der Waals surface area contributed by atoms with Crippen LogP contribution in [0.3, 0.4) is 0 Å². The quantitative estimate of drug-likeness (QED) is 0.787. The summed E-state index contributed by atoms with van der Waals surface area (Å²) in [6, 6.07) is 7.89. The molecule has 7 heteroatoms. The van der Waals surface area contributed by atoms with E-state index in [4.69, 9.17) is 0 Å². The summed E-state index contributed by atoms with van der Waals surface area (Å²) in [5, 5.41) is 17.7. The van der Waals surface area contributed by atoms with E-state index < -0.39 is 0 Å². The molecule has 0 aliphatic rings. The van der Waals surface area contributed by atoms with Crippen LogP contribution in [-0.4, -0.2) is 25.2 Å². The Kier molecular flexibility index (Phi) is 3.20. The number of benzene rings is 1. The first-order valence-corrected chi connectivity index (χ1v) is 6.68.